The summed E-state index contributed by atoms with van der Waals surface area (Å²) in [5.41, 5.74) is 3.00. The third kappa shape index (κ3) is 3.01. The molecule has 2 aromatic rings. The maximum absolute atomic E-state index is 9.62. The molecule has 0 radical (unpaired) electrons. The first kappa shape index (κ1) is 13.9. The molecule has 1 aromatic heterocycles. The molecule has 1 aromatic carbocycles. The van der Waals surface area contributed by atoms with Crippen molar-refractivity contribution in [1.29, 1.82) is 0 Å². The van der Waals surface area contributed by atoms with Gasteiger partial charge in [-0.15, -0.1) is 21.5 Å². The highest BCUT2D eigenvalue weighted by molar-refractivity contribution is 7.09. The van der Waals surface area contributed by atoms with Gasteiger partial charge in [-0.25, -0.2) is 0 Å². The fraction of sp³-hybridized carbons (Fsp3) is 0.429. The number of nitrogens with zero attached hydrogens (tertiary/aromatic N) is 3. The molecule has 0 unspecified atom stereocenters. The number of benzene rings is 1. The zero-order chi connectivity index (χ0) is 13.9. The lowest BCUT2D eigenvalue weighted by Crippen LogP contribution is -2.20. The average Bonchev–Trinajstić information content (AvgIpc) is 3.09. The first-order chi connectivity index (χ1) is 9.76. The molecule has 3 rings (SSSR count). The summed E-state index contributed by atoms with van der Waals surface area (Å²) in [5.74, 6) is 0.620. The molecular weight excluding hydrogens is 294 g/mol. The molecule has 1 aliphatic rings. The Kier molecular flexibility index (Phi) is 4.31. The summed E-state index contributed by atoms with van der Waals surface area (Å²) < 4.78 is 0. The zero-order valence-corrected chi connectivity index (χ0v) is 12.5. The minimum absolute atomic E-state index is 0.208. The molecule has 20 heavy (non-hydrogen) atoms. The quantitative estimate of drug-likeness (QED) is 0.942. The lowest BCUT2D eigenvalue weighted by molar-refractivity contribution is 0.214. The van der Waals surface area contributed by atoms with E-state index in [2.05, 4.69) is 27.2 Å². The van der Waals surface area contributed by atoms with E-state index < -0.39 is 0 Å². The van der Waals surface area contributed by atoms with Gasteiger partial charge < -0.3 is 5.11 Å². The van der Waals surface area contributed by atoms with Gasteiger partial charge in [0.15, 0.2) is 0 Å². The second-order valence-electron chi connectivity index (χ2n) is 5.13. The fourth-order valence-electron chi connectivity index (χ4n) is 2.82. The Morgan fingerprint density at radius 2 is 2.10 bits per heavy atom. The van der Waals surface area contributed by atoms with E-state index in [9.17, 15) is 5.11 Å². The van der Waals surface area contributed by atoms with Crippen LogP contribution in [0.2, 0.25) is 5.02 Å². The molecule has 2 atom stereocenters. The van der Waals surface area contributed by atoms with E-state index >= 15 is 0 Å². The van der Waals surface area contributed by atoms with E-state index in [1.165, 1.54) is 5.56 Å². The minimum Gasteiger partial charge on any atom is -0.396 e. The molecular formula is C14H16ClN3OS. The van der Waals surface area contributed by atoms with Gasteiger partial charge in [0.2, 0.25) is 0 Å². The first-order valence-corrected chi connectivity index (χ1v) is 7.85. The number of likely N-dealkylation sites (tertiary alicyclic amines) is 1. The second kappa shape index (κ2) is 6.18. The van der Waals surface area contributed by atoms with Crippen LogP contribution in [0.3, 0.4) is 0 Å². The Morgan fingerprint density at radius 3 is 2.75 bits per heavy atom. The van der Waals surface area contributed by atoms with E-state index in [1.807, 2.05) is 12.1 Å². The molecule has 0 bridgehead atoms. The molecule has 1 saturated heterocycles. The summed E-state index contributed by atoms with van der Waals surface area (Å²) >= 11 is 7.51. The monoisotopic (exact) mass is 309 g/mol. The molecule has 6 heteroatoms. The summed E-state index contributed by atoms with van der Waals surface area (Å²) in [7, 11) is 0. The molecule has 2 heterocycles. The largest absolute Gasteiger partial charge is 0.396 e. The zero-order valence-electron chi connectivity index (χ0n) is 10.9. The first-order valence-electron chi connectivity index (χ1n) is 6.60. The third-order valence-corrected chi connectivity index (χ3v) is 4.75. The predicted molar refractivity (Wildman–Crippen MR) is 80.0 cm³/mol. The van der Waals surface area contributed by atoms with Gasteiger partial charge in [-0.05, 0) is 17.7 Å². The van der Waals surface area contributed by atoms with Crippen molar-refractivity contribution in [3.8, 4) is 0 Å². The van der Waals surface area contributed by atoms with E-state index in [1.54, 1.807) is 16.8 Å². The molecule has 1 fully saturated rings. The van der Waals surface area contributed by atoms with Gasteiger partial charge in [-0.3, -0.25) is 4.90 Å². The van der Waals surface area contributed by atoms with Crippen molar-refractivity contribution in [2.45, 2.75) is 12.5 Å². The predicted octanol–water partition coefficient (Wildman–Crippen LogP) is 2.40. The molecule has 0 saturated carbocycles. The lowest BCUT2D eigenvalue weighted by atomic mass is 9.90. The SMILES string of the molecule is OC[C@@H]1CN(Cc2nncs2)C[C@H]1c1ccc(Cl)cc1. The standard InChI is InChI=1S/C14H16ClN3OS/c15-12-3-1-10(2-4-12)13-6-18(5-11(13)8-19)7-14-17-16-9-20-14/h1-4,9,11,13,19H,5-8H2/t11-,13-/m0/s1. The molecule has 106 valence electrons. The van der Waals surface area contributed by atoms with Crippen LogP contribution in [0.1, 0.15) is 16.5 Å². The second-order valence-corrected chi connectivity index (χ2v) is 6.48. The van der Waals surface area contributed by atoms with Crippen molar-refractivity contribution in [2.75, 3.05) is 19.7 Å². The molecule has 4 nitrogen and oxygen atoms in total. The van der Waals surface area contributed by atoms with Crippen LogP contribution in [-0.4, -0.2) is 39.9 Å². The smallest absolute Gasteiger partial charge is 0.131 e. The highest BCUT2D eigenvalue weighted by Gasteiger charge is 2.33. The third-order valence-electron chi connectivity index (χ3n) is 3.81. The van der Waals surface area contributed by atoms with Crippen LogP contribution in [-0.2, 0) is 6.54 Å². The Hall–Kier alpha value is -1.01. The normalized spacial score (nSPS) is 23.3. The van der Waals surface area contributed by atoms with Crippen molar-refractivity contribution in [1.82, 2.24) is 15.1 Å². The van der Waals surface area contributed by atoms with Gasteiger partial charge in [-0.2, -0.15) is 0 Å². The Balaban J connectivity index is 1.72. The topological polar surface area (TPSA) is 49.2 Å². The van der Waals surface area contributed by atoms with Crippen LogP contribution >= 0.6 is 22.9 Å². The average molecular weight is 310 g/mol. The summed E-state index contributed by atoms with van der Waals surface area (Å²) in [6, 6.07) is 7.95. The van der Waals surface area contributed by atoms with Crippen LogP contribution in [0.25, 0.3) is 0 Å². The van der Waals surface area contributed by atoms with Gasteiger partial charge in [0.25, 0.3) is 0 Å². The van der Waals surface area contributed by atoms with Crippen LogP contribution in [0.5, 0.6) is 0 Å². The van der Waals surface area contributed by atoms with Crippen molar-refractivity contribution >= 4 is 22.9 Å². The highest BCUT2D eigenvalue weighted by atomic mass is 35.5. The van der Waals surface area contributed by atoms with Crippen molar-refractivity contribution in [3.05, 3.63) is 45.4 Å². The summed E-state index contributed by atoms with van der Waals surface area (Å²) in [5, 5.41) is 19.3. The summed E-state index contributed by atoms with van der Waals surface area (Å²) in [6.07, 6.45) is 0. The number of hydrogen-bond donors (Lipinski definition) is 1. The minimum atomic E-state index is 0.208. The van der Waals surface area contributed by atoms with Gasteiger partial charge in [-0.1, -0.05) is 23.7 Å². The number of rotatable bonds is 4. The van der Waals surface area contributed by atoms with Crippen LogP contribution < -0.4 is 0 Å². The lowest BCUT2D eigenvalue weighted by Gasteiger charge is -2.16. The van der Waals surface area contributed by atoms with Crippen LogP contribution in [0.15, 0.2) is 29.8 Å². The van der Waals surface area contributed by atoms with Gasteiger partial charge in [0, 0.05) is 36.6 Å². The van der Waals surface area contributed by atoms with E-state index in [-0.39, 0.29) is 12.5 Å². The van der Waals surface area contributed by atoms with E-state index in [4.69, 9.17) is 11.6 Å². The Bertz CT molecular complexity index is 546. The molecule has 0 amide bonds. The van der Waals surface area contributed by atoms with Crippen molar-refractivity contribution < 1.29 is 5.11 Å². The van der Waals surface area contributed by atoms with Crippen LogP contribution in [0, 0.1) is 5.92 Å². The van der Waals surface area contributed by atoms with Gasteiger partial charge in [0.05, 0.1) is 6.54 Å². The molecule has 0 spiro atoms. The fourth-order valence-corrected chi connectivity index (χ4v) is 3.51. The molecule has 0 aliphatic carbocycles. The summed E-state index contributed by atoms with van der Waals surface area (Å²) in [6.45, 7) is 2.85. The van der Waals surface area contributed by atoms with E-state index in [0.717, 1.165) is 29.7 Å². The number of aliphatic hydroxyl groups excluding tert-OH is 1. The van der Waals surface area contributed by atoms with Crippen LogP contribution in [0.4, 0.5) is 0 Å². The van der Waals surface area contributed by atoms with Gasteiger partial charge in [0.1, 0.15) is 10.5 Å². The van der Waals surface area contributed by atoms with Crippen molar-refractivity contribution in [3.63, 3.8) is 0 Å². The Morgan fingerprint density at radius 1 is 1.30 bits per heavy atom. The molecule has 1 N–H and O–H groups in total. The number of aromatic nitrogens is 2. The highest BCUT2D eigenvalue weighted by Crippen LogP contribution is 2.33. The van der Waals surface area contributed by atoms with Gasteiger partial charge >= 0.3 is 0 Å². The number of halogens is 1. The Labute approximate surface area is 127 Å². The summed E-state index contributed by atoms with van der Waals surface area (Å²) in [4.78, 5) is 2.33. The van der Waals surface area contributed by atoms with Crippen molar-refractivity contribution in [2.24, 2.45) is 5.92 Å². The van der Waals surface area contributed by atoms with E-state index in [0.29, 0.717) is 5.92 Å². The molecule has 1 aliphatic heterocycles. The maximum atomic E-state index is 9.62. The number of hydrogen-bond acceptors (Lipinski definition) is 5. The number of aliphatic hydroxyl groups is 1. The maximum Gasteiger partial charge on any atom is 0.131 e.